The van der Waals surface area contributed by atoms with Crippen molar-refractivity contribution in [3.8, 4) is 0 Å². The van der Waals surface area contributed by atoms with Crippen LogP contribution in [0.2, 0.25) is 0 Å². The van der Waals surface area contributed by atoms with Gasteiger partial charge in [0.05, 0.1) is 0 Å². The van der Waals surface area contributed by atoms with Crippen LogP contribution in [0.15, 0.2) is 6.20 Å². The average molecular weight is 157 g/mol. The monoisotopic (exact) mass is 157 g/mol. The number of hydrogen-bond acceptors (Lipinski definition) is 5. The van der Waals surface area contributed by atoms with E-state index in [9.17, 15) is 10.1 Å². The van der Waals surface area contributed by atoms with Crippen molar-refractivity contribution in [2.45, 2.75) is 0 Å². The second-order valence-corrected chi connectivity index (χ2v) is 1.77. The summed E-state index contributed by atoms with van der Waals surface area (Å²) in [5.74, 6) is -0.437. The molecule has 0 aliphatic rings. The molecule has 0 aromatic carbocycles. The fourth-order valence-electron chi connectivity index (χ4n) is 0.552. The first-order valence-electron chi connectivity index (χ1n) is 2.67. The largest absolute Gasteiger partial charge is 0.557 e. The first kappa shape index (κ1) is 7.70. The standard InChI is InChI=1S/C3H4BN3O4/c8-4(9)3-5-1-2(6-3)7(10)11/h1,8-9H,(H,5,6). The maximum Gasteiger partial charge on any atom is 0.557 e. The second kappa shape index (κ2) is 2.68. The van der Waals surface area contributed by atoms with Crippen LogP contribution in [-0.4, -0.2) is 32.1 Å². The molecule has 0 amide bonds. The van der Waals surface area contributed by atoms with Crippen molar-refractivity contribution in [3.63, 3.8) is 0 Å². The molecule has 58 valence electrons. The van der Waals surface area contributed by atoms with Crippen LogP contribution in [0.3, 0.4) is 0 Å². The molecule has 0 atom stereocenters. The van der Waals surface area contributed by atoms with Gasteiger partial charge in [-0.2, -0.15) is 0 Å². The smallest absolute Gasteiger partial charge is 0.420 e. The zero-order valence-corrected chi connectivity index (χ0v) is 5.26. The number of rotatable bonds is 2. The van der Waals surface area contributed by atoms with Crippen LogP contribution >= 0.6 is 0 Å². The molecule has 11 heavy (non-hydrogen) atoms. The third-order valence-corrected chi connectivity index (χ3v) is 1.02. The maximum atomic E-state index is 10.00. The minimum absolute atomic E-state index is 0.239. The van der Waals surface area contributed by atoms with Gasteiger partial charge in [0, 0.05) is 0 Å². The molecule has 0 aliphatic heterocycles. The van der Waals surface area contributed by atoms with Gasteiger partial charge in [-0.1, -0.05) is 0 Å². The first-order chi connectivity index (χ1) is 5.11. The molecule has 8 heteroatoms. The third kappa shape index (κ3) is 1.54. The van der Waals surface area contributed by atoms with Crippen molar-refractivity contribution < 1.29 is 15.0 Å². The van der Waals surface area contributed by atoms with Gasteiger partial charge < -0.3 is 25.1 Å². The Morgan fingerprint density at radius 1 is 1.73 bits per heavy atom. The number of hydrogen-bond donors (Lipinski definition) is 3. The number of nitrogens with zero attached hydrogens (tertiary/aromatic N) is 2. The Morgan fingerprint density at radius 2 is 2.36 bits per heavy atom. The van der Waals surface area contributed by atoms with Gasteiger partial charge in [0.2, 0.25) is 5.72 Å². The van der Waals surface area contributed by atoms with Gasteiger partial charge in [0.15, 0.2) is 0 Å². The molecular weight excluding hydrogens is 153 g/mol. The molecule has 0 aliphatic carbocycles. The van der Waals surface area contributed by atoms with Gasteiger partial charge >= 0.3 is 12.9 Å². The lowest BCUT2D eigenvalue weighted by Gasteiger charge is -1.83. The normalized spacial score (nSPS) is 9.64. The lowest BCUT2D eigenvalue weighted by molar-refractivity contribution is -0.389. The van der Waals surface area contributed by atoms with Crippen molar-refractivity contribution in [1.29, 1.82) is 0 Å². The average Bonchev–Trinajstić information content (AvgIpc) is 2.33. The highest BCUT2D eigenvalue weighted by atomic mass is 16.6. The Bertz CT molecular complexity index is 271. The quantitative estimate of drug-likeness (QED) is 0.261. The number of nitro groups is 1. The van der Waals surface area contributed by atoms with Crippen molar-refractivity contribution in [2.24, 2.45) is 0 Å². The topological polar surface area (TPSA) is 112 Å². The number of aromatic amines is 1. The van der Waals surface area contributed by atoms with E-state index >= 15 is 0 Å². The molecule has 7 nitrogen and oxygen atoms in total. The van der Waals surface area contributed by atoms with Gasteiger partial charge in [-0.3, -0.25) is 0 Å². The molecule has 0 fully saturated rings. The summed E-state index contributed by atoms with van der Waals surface area (Å²) in [6.45, 7) is 0. The highest BCUT2D eigenvalue weighted by Crippen LogP contribution is 1.99. The Balaban J connectivity index is 2.90. The zero-order chi connectivity index (χ0) is 8.43. The third-order valence-electron chi connectivity index (χ3n) is 1.02. The Kier molecular flexibility index (Phi) is 1.88. The minimum atomic E-state index is -1.80. The highest BCUT2D eigenvalue weighted by Gasteiger charge is 2.23. The van der Waals surface area contributed by atoms with E-state index in [0.29, 0.717) is 0 Å². The molecule has 0 saturated carbocycles. The summed E-state index contributed by atoms with van der Waals surface area (Å²) in [7, 11) is -1.80. The number of nitrogens with one attached hydrogen (secondary N) is 1. The molecule has 1 rings (SSSR count). The summed E-state index contributed by atoms with van der Waals surface area (Å²) in [4.78, 5) is 14.8. The molecule has 3 N–H and O–H groups in total. The molecule has 0 spiro atoms. The number of H-pyrrole nitrogens is 1. The van der Waals surface area contributed by atoms with Crippen LogP contribution in [0.4, 0.5) is 5.82 Å². The van der Waals surface area contributed by atoms with E-state index in [1.165, 1.54) is 0 Å². The van der Waals surface area contributed by atoms with Crippen molar-refractivity contribution in [2.75, 3.05) is 0 Å². The van der Waals surface area contributed by atoms with Crippen LogP contribution in [-0.2, 0) is 0 Å². The fraction of sp³-hybridized carbons (Fsp3) is 0. The Hall–Kier alpha value is -1.41. The van der Waals surface area contributed by atoms with Gasteiger partial charge in [0.1, 0.15) is 6.20 Å². The van der Waals surface area contributed by atoms with E-state index in [4.69, 9.17) is 10.0 Å². The van der Waals surface area contributed by atoms with Crippen molar-refractivity contribution in [1.82, 2.24) is 9.97 Å². The summed E-state index contributed by atoms with van der Waals surface area (Å²) < 4.78 is 0. The van der Waals surface area contributed by atoms with Crippen LogP contribution in [0.25, 0.3) is 0 Å². The number of aromatic nitrogens is 2. The van der Waals surface area contributed by atoms with E-state index in [2.05, 4.69) is 9.97 Å². The van der Waals surface area contributed by atoms with Gasteiger partial charge in [0.25, 0.3) is 0 Å². The maximum absolute atomic E-state index is 10.00. The number of imidazole rings is 1. The first-order valence-corrected chi connectivity index (χ1v) is 2.67. The van der Waals surface area contributed by atoms with Gasteiger partial charge in [-0.05, 0) is 9.91 Å². The van der Waals surface area contributed by atoms with Crippen LogP contribution in [0.5, 0.6) is 0 Å². The van der Waals surface area contributed by atoms with E-state index in [1.54, 1.807) is 0 Å². The van der Waals surface area contributed by atoms with Crippen LogP contribution in [0, 0.1) is 10.1 Å². The van der Waals surface area contributed by atoms with E-state index in [0.717, 1.165) is 6.20 Å². The van der Waals surface area contributed by atoms with E-state index < -0.39 is 17.9 Å². The lowest BCUT2D eigenvalue weighted by atomic mass is 9.91. The predicted molar refractivity (Wildman–Crippen MR) is 35.1 cm³/mol. The molecule has 1 aromatic rings. The van der Waals surface area contributed by atoms with E-state index in [1.807, 2.05) is 0 Å². The summed E-state index contributed by atoms with van der Waals surface area (Å²) in [5, 5.41) is 26.9. The second-order valence-electron chi connectivity index (χ2n) is 1.77. The minimum Gasteiger partial charge on any atom is -0.420 e. The molecule has 0 saturated heterocycles. The summed E-state index contributed by atoms with van der Waals surface area (Å²) >= 11 is 0. The Morgan fingerprint density at radius 3 is 2.64 bits per heavy atom. The van der Waals surface area contributed by atoms with E-state index in [-0.39, 0.29) is 5.72 Å². The van der Waals surface area contributed by atoms with Gasteiger partial charge in [-0.25, -0.2) is 0 Å². The molecule has 1 aromatic heterocycles. The fourth-order valence-corrected chi connectivity index (χ4v) is 0.552. The predicted octanol–water partition coefficient (Wildman–Crippen LogP) is -2.00. The summed E-state index contributed by atoms with van der Waals surface area (Å²) in [5.41, 5.74) is -0.239. The highest BCUT2D eigenvalue weighted by molar-refractivity contribution is 6.56. The molecule has 0 radical (unpaired) electrons. The van der Waals surface area contributed by atoms with Crippen molar-refractivity contribution in [3.05, 3.63) is 16.3 Å². The van der Waals surface area contributed by atoms with Crippen LogP contribution in [0.1, 0.15) is 0 Å². The van der Waals surface area contributed by atoms with Crippen LogP contribution < -0.4 is 5.72 Å². The molecule has 1 heterocycles. The molecule has 0 bridgehead atoms. The van der Waals surface area contributed by atoms with Gasteiger partial charge in [-0.15, -0.1) is 0 Å². The molecular formula is C3H4BN3O4. The molecule has 0 unspecified atom stereocenters. The Labute approximate surface area is 61.0 Å². The summed E-state index contributed by atoms with van der Waals surface area (Å²) in [6.07, 6.45) is 0.981. The SMILES string of the molecule is O=[N+]([O-])c1c[nH]c(B(O)O)n1. The van der Waals surface area contributed by atoms with Crippen molar-refractivity contribution >= 4 is 18.7 Å². The lowest BCUT2D eigenvalue weighted by Crippen LogP contribution is -2.33. The summed E-state index contributed by atoms with van der Waals surface area (Å²) in [6, 6.07) is 0. The zero-order valence-electron chi connectivity index (χ0n) is 5.26.